The SMILES string of the molecule is COc1ccc(NC(=O)[C@@H](c2ccccc2)N2CCN(C(=O)[C@H]3CCCO3)CC2)cc1Cl. The topological polar surface area (TPSA) is 71.1 Å². The molecular formula is C24H28ClN3O4. The van der Waals surface area contributed by atoms with E-state index in [4.69, 9.17) is 21.1 Å². The Hall–Kier alpha value is -2.61. The summed E-state index contributed by atoms with van der Waals surface area (Å²) in [6, 6.07) is 14.4. The fraction of sp³-hybridized carbons (Fsp3) is 0.417. The van der Waals surface area contributed by atoms with Crippen LogP contribution in [0.15, 0.2) is 48.5 Å². The van der Waals surface area contributed by atoms with Crippen molar-refractivity contribution < 1.29 is 19.1 Å². The molecule has 2 aliphatic rings. The maximum absolute atomic E-state index is 13.4. The van der Waals surface area contributed by atoms with Crippen molar-refractivity contribution in [2.24, 2.45) is 0 Å². The van der Waals surface area contributed by atoms with E-state index < -0.39 is 6.04 Å². The highest BCUT2D eigenvalue weighted by atomic mass is 35.5. The number of hydrogen-bond donors (Lipinski definition) is 1. The average Bonchev–Trinajstić information content (AvgIpc) is 3.35. The molecule has 0 bridgehead atoms. The molecule has 32 heavy (non-hydrogen) atoms. The van der Waals surface area contributed by atoms with Gasteiger partial charge >= 0.3 is 0 Å². The number of nitrogens with one attached hydrogen (secondary N) is 1. The van der Waals surface area contributed by atoms with Gasteiger partial charge in [0.1, 0.15) is 17.9 Å². The number of rotatable bonds is 6. The third kappa shape index (κ3) is 5.06. The molecule has 2 atom stereocenters. The molecule has 0 radical (unpaired) electrons. The van der Waals surface area contributed by atoms with Crippen LogP contribution < -0.4 is 10.1 Å². The van der Waals surface area contributed by atoms with Gasteiger partial charge in [-0.3, -0.25) is 14.5 Å². The molecule has 2 amide bonds. The number of piperazine rings is 1. The predicted octanol–water partition coefficient (Wildman–Crippen LogP) is 3.35. The van der Waals surface area contributed by atoms with Crippen molar-refractivity contribution in [1.29, 1.82) is 0 Å². The molecule has 0 aliphatic carbocycles. The van der Waals surface area contributed by atoms with Gasteiger partial charge < -0.3 is 19.7 Å². The Labute approximate surface area is 193 Å². The first-order valence-corrected chi connectivity index (χ1v) is 11.3. The summed E-state index contributed by atoms with van der Waals surface area (Å²) >= 11 is 6.22. The van der Waals surface area contributed by atoms with Gasteiger partial charge in [-0.1, -0.05) is 41.9 Å². The summed E-state index contributed by atoms with van der Waals surface area (Å²) in [5, 5.41) is 3.42. The monoisotopic (exact) mass is 457 g/mol. The minimum absolute atomic E-state index is 0.0655. The zero-order valence-electron chi connectivity index (χ0n) is 18.1. The van der Waals surface area contributed by atoms with Crippen LogP contribution in [0.5, 0.6) is 5.75 Å². The Kier molecular flexibility index (Phi) is 7.29. The van der Waals surface area contributed by atoms with Gasteiger partial charge in [-0.05, 0) is 36.6 Å². The molecule has 0 unspecified atom stereocenters. The highest BCUT2D eigenvalue weighted by molar-refractivity contribution is 6.32. The number of halogens is 1. The van der Waals surface area contributed by atoms with Crippen LogP contribution in [0.1, 0.15) is 24.4 Å². The largest absolute Gasteiger partial charge is 0.495 e. The lowest BCUT2D eigenvalue weighted by atomic mass is 10.0. The predicted molar refractivity (Wildman–Crippen MR) is 123 cm³/mol. The fourth-order valence-corrected chi connectivity index (χ4v) is 4.55. The third-order valence-electron chi connectivity index (χ3n) is 5.98. The van der Waals surface area contributed by atoms with Crippen molar-refractivity contribution in [3.8, 4) is 5.75 Å². The fourth-order valence-electron chi connectivity index (χ4n) is 4.29. The van der Waals surface area contributed by atoms with E-state index >= 15 is 0 Å². The van der Waals surface area contributed by atoms with Gasteiger partial charge in [-0.2, -0.15) is 0 Å². The Balaban J connectivity index is 1.47. The molecule has 1 N–H and O–H groups in total. The van der Waals surface area contributed by atoms with E-state index in [2.05, 4.69) is 10.2 Å². The number of ether oxygens (including phenoxy) is 2. The van der Waals surface area contributed by atoms with Crippen LogP contribution >= 0.6 is 11.6 Å². The molecule has 8 heteroatoms. The summed E-state index contributed by atoms with van der Waals surface area (Å²) in [5.41, 5.74) is 1.51. The Morgan fingerprint density at radius 1 is 1.12 bits per heavy atom. The van der Waals surface area contributed by atoms with E-state index in [1.807, 2.05) is 35.2 Å². The third-order valence-corrected chi connectivity index (χ3v) is 6.27. The lowest BCUT2D eigenvalue weighted by Gasteiger charge is -2.39. The second kappa shape index (κ2) is 10.3. The summed E-state index contributed by atoms with van der Waals surface area (Å²) < 4.78 is 10.7. The Bertz CT molecular complexity index is 942. The standard InChI is InChI=1S/C24H28ClN3O4/c1-31-20-10-9-18(16-19(20)25)26-23(29)22(17-6-3-2-4-7-17)27-11-13-28(14-12-27)24(30)21-8-5-15-32-21/h2-4,6-7,9-10,16,21-22H,5,8,11-15H2,1H3,(H,26,29)/t21-,22-/m1/s1. The first kappa shape index (κ1) is 22.6. The van der Waals surface area contributed by atoms with Crippen molar-refractivity contribution in [3.63, 3.8) is 0 Å². The van der Waals surface area contributed by atoms with E-state index in [9.17, 15) is 9.59 Å². The summed E-state index contributed by atoms with van der Waals surface area (Å²) in [4.78, 5) is 30.0. The van der Waals surface area contributed by atoms with Crippen LogP contribution in [0.25, 0.3) is 0 Å². The molecular weight excluding hydrogens is 430 g/mol. The smallest absolute Gasteiger partial charge is 0.251 e. The Morgan fingerprint density at radius 3 is 2.50 bits per heavy atom. The van der Waals surface area contributed by atoms with Gasteiger partial charge in [-0.15, -0.1) is 0 Å². The van der Waals surface area contributed by atoms with Crippen LogP contribution in [0.2, 0.25) is 5.02 Å². The van der Waals surface area contributed by atoms with Gasteiger partial charge in [0, 0.05) is 38.5 Å². The maximum atomic E-state index is 13.4. The number of hydrogen-bond acceptors (Lipinski definition) is 5. The molecule has 4 rings (SSSR count). The molecule has 0 saturated carbocycles. The zero-order chi connectivity index (χ0) is 22.5. The number of amides is 2. The number of methoxy groups -OCH3 is 1. The van der Waals surface area contributed by atoms with Crippen LogP contribution in [0.3, 0.4) is 0 Å². The lowest BCUT2D eigenvalue weighted by Crippen LogP contribution is -2.53. The summed E-state index contributed by atoms with van der Waals surface area (Å²) in [7, 11) is 1.55. The lowest BCUT2D eigenvalue weighted by molar-refractivity contribution is -0.143. The highest BCUT2D eigenvalue weighted by Gasteiger charge is 2.34. The Morgan fingerprint density at radius 2 is 1.88 bits per heavy atom. The number of carbonyl (C=O) groups is 2. The van der Waals surface area contributed by atoms with Crippen LogP contribution in [-0.2, 0) is 14.3 Å². The quantitative estimate of drug-likeness (QED) is 0.720. The molecule has 170 valence electrons. The van der Waals surface area contributed by atoms with Crippen LogP contribution in [0, 0.1) is 0 Å². The molecule has 2 saturated heterocycles. The van der Waals surface area contributed by atoms with E-state index in [-0.39, 0.29) is 17.9 Å². The van der Waals surface area contributed by atoms with Gasteiger partial charge in [-0.25, -0.2) is 0 Å². The van der Waals surface area contributed by atoms with Crippen LogP contribution in [0.4, 0.5) is 5.69 Å². The maximum Gasteiger partial charge on any atom is 0.251 e. The molecule has 2 heterocycles. The molecule has 2 aromatic carbocycles. The van der Waals surface area contributed by atoms with Crippen molar-refractivity contribution >= 4 is 29.1 Å². The molecule has 2 aliphatic heterocycles. The molecule has 7 nitrogen and oxygen atoms in total. The zero-order valence-corrected chi connectivity index (χ0v) is 18.9. The van der Waals surface area contributed by atoms with Gasteiger partial charge in [0.15, 0.2) is 0 Å². The summed E-state index contributed by atoms with van der Waals surface area (Å²) in [5.74, 6) is 0.475. The van der Waals surface area contributed by atoms with Crippen molar-refractivity contribution in [1.82, 2.24) is 9.80 Å². The molecule has 2 aromatic rings. The average molecular weight is 458 g/mol. The van der Waals surface area contributed by atoms with Gasteiger partial charge in [0.2, 0.25) is 5.91 Å². The van der Waals surface area contributed by atoms with E-state index in [1.165, 1.54) is 0 Å². The molecule has 2 fully saturated rings. The molecule has 0 aromatic heterocycles. The van der Waals surface area contributed by atoms with Gasteiger partial charge in [0.25, 0.3) is 5.91 Å². The minimum Gasteiger partial charge on any atom is -0.495 e. The minimum atomic E-state index is -0.475. The second-order valence-electron chi connectivity index (χ2n) is 8.01. The number of anilines is 1. The van der Waals surface area contributed by atoms with Crippen molar-refractivity contribution in [2.45, 2.75) is 25.0 Å². The van der Waals surface area contributed by atoms with Gasteiger partial charge in [0.05, 0.1) is 12.1 Å². The number of nitrogens with zero attached hydrogens (tertiary/aromatic N) is 2. The van der Waals surface area contributed by atoms with Crippen LogP contribution in [-0.4, -0.2) is 67.6 Å². The van der Waals surface area contributed by atoms with E-state index in [0.29, 0.717) is 49.2 Å². The second-order valence-corrected chi connectivity index (χ2v) is 8.42. The number of carbonyl (C=O) groups excluding carboxylic acids is 2. The van der Waals surface area contributed by atoms with Crippen molar-refractivity contribution in [3.05, 3.63) is 59.1 Å². The molecule has 0 spiro atoms. The summed E-state index contributed by atoms with van der Waals surface area (Å²) in [6.45, 7) is 3.01. The van der Waals surface area contributed by atoms with E-state index in [1.54, 1.807) is 25.3 Å². The normalized spacial score (nSPS) is 20.1. The van der Waals surface area contributed by atoms with Crippen molar-refractivity contribution in [2.75, 3.05) is 45.2 Å². The first-order chi connectivity index (χ1) is 15.6. The first-order valence-electron chi connectivity index (χ1n) is 10.9. The van der Waals surface area contributed by atoms with E-state index in [0.717, 1.165) is 18.4 Å². The number of benzene rings is 2. The summed E-state index contributed by atoms with van der Waals surface area (Å²) in [6.07, 6.45) is 1.41. The highest BCUT2D eigenvalue weighted by Crippen LogP contribution is 2.29.